The molecule has 114 valence electrons. The molecule has 0 fully saturated rings. The van der Waals surface area contributed by atoms with Crippen LogP contribution in [-0.2, 0) is 9.59 Å². The van der Waals surface area contributed by atoms with Gasteiger partial charge in [-0.1, -0.05) is 12.1 Å². The van der Waals surface area contributed by atoms with Gasteiger partial charge in [-0.3, -0.25) is 9.59 Å². The quantitative estimate of drug-likeness (QED) is 0.896. The zero-order valence-corrected chi connectivity index (χ0v) is 12.5. The molecule has 2 heterocycles. The number of H-pyrrole nitrogens is 1. The second-order valence-electron chi connectivity index (χ2n) is 5.30. The molecule has 1 aromatic carbocycles. The van der Waals surface area contributed by atoms with Gasteiger partial charge in [-0.05, 0) is 19.1 Å². The molecule has 1 aliphatic heterocycles. The fourth-order valence-corrected chi connectivity index (χ4v) is 2.36. The number of hydrazone groups is 1. The number of amides is 2. The summed E-state index contributed by atoms with van der Waals surface area (Å²) in [5, 5.41) is 8.08. The van der Waals surface area contributed by atoms with Crippen molar-refractivity contribution in [3.8, 4) is 0 Å². The van der Waals surface area contributed by atoms with E-state index in [0.29, 0.717) is 24.4 Å². The van der Waals surface area contributed by atoms with Gasteiger partial charge >= 0.3 is 0 Å². The minimum absolute atomic E-state index is 0.0816. The number of nitrogens with one attached hydrogen (secondary N) is 2. The molecule has 2 aromatic rings. The summed E-state index contributed by atoms with van der Waals surface area (Å²) in [6, 6.07) is 7.42. The number of aromatic nitrogens is 2. The van der Waals surface area contributed by atoms with Gasteiger partial charge in [-0.25, -0.2) is 9.99 Å². The molecule has 0 aliphatic carbocycles. The summed E-state index contributed by atoms with van der Waals surface area (Å²) in [6.45, 7) is 1.86. The number of hydrogen-bond acceptors (Lipinski definition) is 4. The molecule has 0 saturated heterocycles. The molecule has 0 bridgehead atoms. The number of carbonyl (C=O) groups excluding carboxylic acids is 2. The van der Waals surface area contributed by atoms with E-state index in [0.717, 1.165) is 11.0 Å². The van der Waals surface area contributed by atoms with E-state index in [4.69, 9.17) is 0 Å². The fraction of sp³-hybridized carbons (Fsp3) is 0.333. The van der Waals surface area contributed by atoms with Crippen LogP contribution in [0.25, 0.3) is 11.0 Å². The van der Waals surface area contributed by atoms with Crippen molar-refractivity contribution < 1.29 is 9.59 Å². The topological polar surface area (TPSA) is 90.4 Å². The van der Waals surface area contributed by atoms with Crippen molar-refractivity contribution in [1.82, 2.24) is 20.3 Å². The summed E-state index contributed by atoms with van der Waals surface area (Å²) in [5.74, 6) is 0.338. The van der Waals surface area contributed by atoms with Crippen LogP contribution in [0.3, 0.4) is 0 Å². The van der Waals surface area contributed by atoms with E-state index in [-0.39, 0.29) is 17.9 Å². The van der Waals surface area contributed by atoms with E-state index in [1.807, 2.05) is 31.2 Å². The molecule has 1 aliphatic rings. The largest absolute Gasteiger partial charge is 0.341 e. The Labute approximate surface area is 127 Å². The van der Waals surface area contributed by atoms with Gasteiger partial charge < -0.3 is 10.3 Å². The van der Waals surface area contributed by atoms with Crippen molar-refractivity contribution in [3.05, 3.63) is 30.1 Å². The maximum atomic E-state index is 12.2. The second-order valence-corrected chi connectivity index (χ2v) is 5.30. The van der Waals surface area contributed by atoms with Crippen LogP contribution in [0.2, 0.25) is 0 Å². The number of nitrogens with zero attached hydrogens (tertiary/aromatic N) is 3. The number of aromatic amines is 1. The Hall–Kier alpha value is -2.70. The lowest BCUT2D eigenvalue weighted by atomic mass is 10.1. The van der Waals surface area contributed by atoms with Gasteiger partial charge in [0, 0.05) is 19.9 Å². The molecule has 22 heavy (non-hydrogen) atoms. The monoisotopic (exact) mass is 299 g/mol. The standard InChI is InChI=1S/C15H17N5O2/c1-9(14-17-10-5-3-4-6-11(10)18-14)16-15(22)12-7-8-13(21)20(2)19-12/h3-6,9H,7-8H2,1-2H3,(H,16,22)(H,17,18)/t9-/m0/s1. The average Bonchev–Trinajstić information content (AvgIpc) is 2.94. The molecule has 0 saturated carbocycles. The second kappa shape index (κ2) is 5.59. The number of fused-ring (bicyclic) bond motifs is 1. The number of carbonyl (C=O) groups is 2. The van der Waals surface area contributed by atoms with Crippen molar-refractivity contribution in [2.75, 3.05) is 7.05 Å². The van der Waals surface area contributed by atoms with Crippen molar-refractivity contribution in [3.63, 3.8) is 0 Å². The lowest BCUT2D eigenvalue weighted by Gasteiger charge is -2.20. The molecule has 2 N–H and O–H groups in total. The molecular weight excluding hydrogens is 282 g/mol. The first-order valence-electron chi connectivity index (χ1n) is 7.14. The molecule has 1 atom stereocenters. The van der Waals surface area contributed by atoms with Crippen molar-refractivity contribution in [2.24, 2.45) is 5.10 Å². The SMILES string of the molecule is C[C@H](NC(=O)C1=NN(C)C(=O)CC1)c1nc2ccccc2[nH]1. The summed E-state index contributed by atoms with van der Waals surface area (Å²) < 4.78 is 0. The summed E-state index contributed by atoms with van der Waals surface area (Å²) in [7, 11) is 1.55. The molecule has 0 radical (unpaired) electrons. The minimum atomic E-state index is -0.273. The maximum Gasteiger partial charge on any atom is 0.268 e. The van der Waals surface area contributed by atoms with E-state index in [1.165, 1.54) is 5.01 Å². The molecule has 1 aromatic heterocycles. The fourth-order valence-electron chi connectivity index (χ4n) is 2.36. The molecule has 3 rings (SSSR count). The van der Waals surface area contributed by atoms with Crippen LogP contribution in [0.15, 0.2) is 29.4 Å². The maximum absolute atomic E-state index is 12.2. The third kappa shape index (κ3) is 2.69. The molecule has 7 heteroatoms. The van der Waals surface area contributed by atoms with Crippen molar-refractivity contribution in [2.45, 2.75) is 25.8 Å². The number of benzene rings is 1. The average molecular weight is 299 g/mol. The Balaban J connectivity index is 1.73. The summed E-state index contributed by atoms with van der Waals surface area (Å²) in [6.07, 6.45) is 0.670. The van der Waals surface area contributed by atoms with E-state index in [2.05, 4.69) is 20.4 Å². The van der Waals surface area contributed by atoms with Gasteiger partial charge in [0.05, 0.1) is 17.1 Å². The normalized spacial score (nSPS) is 16.5. The number of rotatable bonds is 3. The van der Waals surface area contributed by atoms with Gasteiger partial charge in [0.15, 0.2) is 0 Å². The first-order chi connectivity index (χ1) is 10.5. The molecule has 0 spiro atoms. The highest BCUT2D eigenvalue weighted by atomic mass is 16.2. The third-order valence-electron chi connectivity index (χ3n) is 3.63. The lowest BCUT2D eigenvalue weighted by molar-refractivity contribution is -0.130. The van der Waals surface area contributed by atoms with Crippen LogP contribution in [0, 0.1) is 0 Å². The summed E-state index contributed by atoms with van der Waals surface area (Å²) >= 11 is 0. The predicted molar refractivity (Wildman–Crippen MR) is 82.1 cm³/mol. The van der Waals surface area contributed by atoms with Gasteiger partial charge in [0.25, 0.3) is 5.91 Å². The van der Waals surface area contributed by atoms with Crippen LogP contribution >= 0.6 is 0 Å². The van der Waals surface area contributed by atoms with Crippen LogP contribution in [0.5, 0.6) is 0 Å². The highest BCUT2D eigenvalue weighted by molar-refractivity contribution is 6.39. The van der Waals surface area contributed by atoms with Crippen molar-refractivity contribution in [1.29, 1.82) is 0 Å². The van der Waals surface area contributed by atoms with Crippen LogP contribution in [0.1, 0.15) is 31.6 Å². The third-order valence-corrected chi connectivity index (χ3v) is 3.63. The predicted octanol–water partition coefficient (Wildman–Crippen LogP) is 1.35. The number of hydrogen-bond donors (Lipinski definition) is 2. The molecular formula is C15H17N5O2. The molecule has 7 nitrogen and oxygen atoms in total. The van der Waals surface area contributed by atoms with E-state index < -0.39 is 0 Å². The highest BCUT2D eigenvalue weighted by Crippen LogP contribution is 2.16. The van der Waals surface area contributed by atoms with Gasteiger partial charge in [-0.2, -0.15) is 5.10 Å². The Morgan fingerprint density at radius 1 is 1.36 bits per heavy atom. The summed E-state index contributed by atoms with van der Waals surface area (Å²) in [4.78, 5) is 31.3. The highest BCUT2D eigenvalue weighted by Gasteiger charge is 2.23. The first kappa shape index (κ1) is 14.2. The van der Waals surface area contributed by atoms with Gasteiger partial charge in [0.2, 0.25) is 5.91 Å². The van der Waals surface area contributed by atoms with Crippen molar-refractivity contribution >= 4 is 28.6 Å². The number of imidazole rings is 1. The van der Waals surface area contributed by atoms with Gasteiger partial charge in [-0.15, -0.1) is 0 Å². The molecule has 0 unspecified atom stereocenters. The van der Waals surface area contributed by atoms with Crippen LogP contribution in [0.4, 0.5) is 0 Å². The molecule has 2 amide bonds. The zero-order chi connectivity index (χ0) is 15.7. The Morgan fingerprint density at radius 2 is 2.14 bits per heavy atom. The Kier molecular flexibility index (Phi) is 3.62. The zero-order valence-electron chi connectivity index (χ0n) is 12.5. The summed E-state index contributed by atoms with van der Waals surface area (Å²) in [5.41, 5.74) is 2.16. The Morgan fingerprint density at radius 3 is 2.86 bits per heavy atom. The van der Waals surface area contributed by atoms with Crippen LogP contribution in [-0.4, -0.2) is 39.6 Å². The van der Waals surface area contributed by atoms with E-state index >= 15 is 0 Å². The minimum Gasteiger partial charge on any atom is -0.341 e. The van der Waals surface area contributed by atoms with Gasteiger partial charge in [0.1, 0.15) is 11.5 Å². The van der Waals surface area contributed by atoms with E-state index in [1.54, 1.807) is 7.05 Å². The van der Waals surface area contributed by atoms with Crippen LogP contribution < -0.4 is 5.32 Å². The Bertz CT molecular complexity index is 731. The first-order valence-corrected chi connectivity index (χ1v) is 7.14. The number of para-hydroxylation sites is 2. The van der Waals surface area contributed by atoms with E-state index in [9.17, 15) is 9.59 Å². The smallest absolute Gasteiger partial charge is 0.268 e. The lowest BCUT2D eigenvalue weighted by Crippen LogP contribution is -2.38.